The van der Waals surface area contributed by atoms with Gasteiger partial charge in [-0.1, -0.05) is 18.5 Å². The molecule has 4 heteroatoms. The highest BCUT2D eigenvalue weighted by Crippen LogP contribution is 2.43. The van der Waals surface area contributed by atoms with Crippen LogP contribution in [0.3, 0.4) is 0 Å². The number of benzene rings is 1. The van der Waals surface area contributed by atoms with E-state index in [1.165, 1.54) is 0 Å². The Hall–Kier alpha value is -0.930. The smallest absolute Gasteiger partial charge is 0.141 e. The van der Waals surface area contributed by atoms with Crippen molar-refractivity contribution >= 4 is 11.6 Å². The molecule has 96 valence electrons. The summed E-state index contributed by atoms with van der Waals surface area (Å²) < 4.78 is 10.8. The summed E-state index contributed by atoms with van der Waals surface area (Å²) in [4.78, 5) is 0. The van der Waals surface area contributed by atoms with Crippen LogP contribution in [0.1, 0.15) is 29.5 Å². The van der Waals surface area contributed by atoms with Crippen LogP contribution in [0.5, 0.6) is 11.5 Å². The summed E-state index contributed by atoms with van der Waals surface area (Å²) in [5.41, 5.74) is 8.72. The first-order chi connectivity index (χ1) is 7.99. The van der Waals surface area contributed by atoms with Gasteiger partial charge in [-0.05, 0) is 31.9 Å². The average molecular weight is 258 g/mol. The predicted octanol–water partition coefficient (Wildman–Crippen LogP) is 3.04. The summed E-state index contributed by atoms with van der Waals surface area (Å²) >= 11 is 6.27. The van der Waals surface area contributed by atoms with Crippen LogP contribution in [0, 0.1) is 13.8 Å². The molecule has 0 saturated heterocycles. The van der Waals surface area contributed by atoms with Gasteiger partial charge in [-0.2, -0.15) is 0 Å². The van der Waals surface area contributed by atoms with Crippen molar-refractivity contribution in [1.29, 1.82) is 0 Å². The third-order valence-corrected chi connectivity index (χ3v) is 3.57. The van der Waals surface area contributed by atoms with E-state index in [9.17, 15) is 0 Å². The molecule has 17 heavy (non-hydrogen) atoms. The van der Waals surface area contributed by atoms with Gasteiger partial charge in [0.15, 0.2) is 0 Å². The minimum atomic E-state index is 0.204. The predicted molar refractivity (Wildman–Crippen MR) is 71.5 cm³/mol. The van der Waals surface area contributed by atoms with Gasteiger partial charge in [0.2, 0.25) is 0 Å². The molecule has 0 radical (unpaired) electrons. The quantitative estimate of drug-likeness (QED) is 0.902. The van der Waals surface area contributed by atoms with Crippen LogP contribution in [-0.2, 0) is 0 Å². The zero-order valence-electron chi connectivity index (χ0n) is 11.1. The fraction of sp³-hybridized carbons (Fsp3) is 0.538. The molecule has 0 aliphatic rings. The van der Waals surface area contributed by atoms with Crippen molar-refractivity contribution in [1.82, 2.24) is 0 Å². The summed E-state index contributed by atoms with van der Waals surface area (Å²) in [6.07, 6.45) is 0. The summed E-state index contributed by atoms with van der Waals surface area (Å²) in [7, 11) is 3.27. The molecule has 0 fully saturated rings. The minimum Gasteiger partial charge on any atom is -0.496 e. The number of hydrogen-bond acceptors (Lipinski definition) is 3. The van der Waals surface area contributed by atoms with E-state index in [1.807, 2.05) is 13.8 Å². The minimum absolute atomic E-state index is 0.204. The monoisotopic (exact) mass is 257 g/mol. The molecular formula is C13H20ClNO2. The first-order valence-corrected chi connectivity index (χ1v) is 5.97. The molecule has 1 aromatic rings. The lowest BCUT2D eigenvalue weighted by molar-refractivity contribution is 0.391. The molecule has 0 aromatic heterocycles. The Kier molecular flexibility index (Phi) is 4.66. The second kappa shape index (κ2) is 5.61. The van der Waals surface area contributed by atoms with Crippen LogP contribution >= 0.6 is 11.6 Å². The third kappa shape index (κ3) is 2.35. The van der Waals surface area contributed by atoms with Crippen LogP contribution in [0.4, 0.5) is 0 Å². The molecule has 2 N–H and O–H groups in total. The van der Waals surface area contributed by atoms with Crippen molar-refractivity contribution in [3.05, 3.63) is 21.7 Å². The highest BCUT2D eigenvalue weighted by Gasteiger charge is 2.22. The maximum absolute atomic E-state index is 6.27. The normalized spacial score (nSPS) is 12.4. The van der Waals surface area contributed by atoms with Gasteiger partial charge in [0.1, 0.15) is 11.5 Å². The van der Waals surface area contributed by atoms with E-state index in [-0.39, 0.29) is 5.92 Å². The lowest BCUT2D eigenvalue weighted by Crippen LogP contribution is -2.13. The maximum Gasteiger partial charge on any atom is 0.141 e. The Morgan fingerprint density at radius 1 is 1.12 bits per heavy atom. The van der Waals surface area contributed by atoms with Gasteiger partial charge < -0.3 is 15.2 Å². The number of methoxy groups -OCH3 is 2. The lowest BCUT2D eigenvalue weighted by atomic mass is 9.92. The molecule has 1 unspecified atom stereocenters. The van der Waals surface area contributed by atoms with Gasteiger partial charge >= 0.3 is 0 Å². The molecule has 0 amide bonds. The zero-order valence-corrected chi connectivity index (χ0v) is 11.8. The van der Waals surface area contributed by atoms with Gasteiger partial charge in [0.25, 0.3) is 0 Å². The first-order valence-electron chi connectivity index (χ1n) is 5.60. The van der Waals surface area contributed by atoms with Crippen LogP contribution in [0.25, 0.3) is 0 Å². The standard InChI is InChI=1S/C13H20ClNO2/c1-7(6-15)10-8(2)13(17-5)11(14)9(3)12(10)16-4/h7H,6,15H2,1-5H3. The number of halogens is 1. The molecule has 0 saturated carbocycles. The van der Waals surface area contributed by atoms with Crippen molar-refractivity contribution in [3.8, 4) is 11.5 Å². The molecule has 0 heterocycles. The van der Waals surface area contributed by atoms with Crippen LogP contribution in [0.15, 0.2) is 0 Å². The fourth-order valence-corrected chi connectivity index (χ4v) is 2.45. The molecule has 0 aliphatic carbocycles. The second-order valence-electron chi connectivity index (χ2n) is 4.18. The average Bonchev–Trinajstić information content (AvgIpc) is 2.33. The van der Waals surface area contributed by atoms with E-state index in [0.717, 1.165) is 22.4 Å². The number of nitrogens with two attached hydrogens (primary N) is 1. The van der Waals surface area contributed by atoms with Crippen molar-refractivity contribution in [3.63, 3.8) is 0 Å². The van der Waals surface area contributed by atoms with Gasteiger partial charge in [0, 0.05) is 11.1 Å². The highest BCUT2D eigenvalue weighted by molar-refractivity contribution is 6.33. The molecule has 0 spiro atoms. The van der Waals surface area contributed by atoms with Crippen molar-refractivity contribution in [2.45, 2.75) is 26.7 Å². The Bertz CT molecular complexity index is 419. The molecule has 0 aliphatic heterocycles. The van der Waals surface area contributed by atoms with Crippen molar-refractivity contribution in [2.75, 3.05) is 20.8 Å². The Balaban J connectivity index is 3.60. The molecule has 1 aromatic carbocycles. The van der Waals surface area contributed by atoms with E-state index in [2.05, 4.69) is 6.92 Å². The number of ether oxygens (including phenoxy) is 2. The molecule has 1 atom stereocenters. The van der Waals surface area contributed by atoms with Crippen molar-refractivity contribution in [2.24, 2.45) is 5.73 Å². The number of rotatable bonds is 4. The summed E-state index contributed by atoms with van der Waals surface area (Å²) in [5.74, 6) is 1.72. The highest BCUT2D eigenvalue weighted by atomic mass is 35.5. The number of hydrogen-bond donors (Lipinski definition) is 1. The molecule has 0 bridgehead atoms. The van der Waals surface area contributed by atoms with Gasteiger partial charge in [-0.3, -0.25) is 0 Å². The van der Waals surface area contributed by atoms with E-state index >= 15 is 0 Å². The van der Waals surface area contributed by atoms with Crippen molar-refractivity contribution < 1.29 is 9.47 Å². The van der Waals surface area contributed by atoms with E-state index in [0.29, 0.717) is 17.3 Å². The maximum atomic E-state index is 6.27. The van der Waals surface area contributed by atoms with Crippen LogP contribution in [-0.4, -0.2) is 20.8 Å². The topological polar surface area (TPSA) is 44.5 Å². The lowest BCUT2D eigenvalue weighted by Gasteiger charge is -2.22. The summed E-state index contributed by atoms with van der Waals surface area (Å²) in [6, 6.07) is 0. The zero-order chi connectivity index (χ0) is 13.2. The van der Waals surface area contributed by atoms with Gasteiger partial charge in [-0.25, -0.2) is 0 Å². The largest absolute Gasteiger partial charge is 0.496 e. The second-order valence-corrected chi connectivity index (χ2v) is 4.56. The first kappa shape index (κ1) is 14.1. The van der Waals surface area contributed by atoms with Crippen LogP contribution in [0.2, 0.25) is 5.02 Å². The Morgan fingerprint density at radius 2 is 1.65 bits per heavy atom. The molecular weight excluding hydrogens is 238 g/mol. The van der Waals surface area contributed by atoms with E-state index in [1.54, 1.807) is 14.2 Å². The van der Waals surface area contributed by atoms with E-state index in [4.69, 9.17) is 26.8 Å². The SMILES string of the molecule is COc1c(C)c(C(C)CN)c(OC)c(C)c1Cl. The molecule has 3 nitrogen and oxygen atoms in total. The summed E-state index contributed by atoms with van der Waals surface area (Å²) in [6.45, 7) is 6.53. The molecule has 1 rings (SSSR count). The van der Waals surface area contributed by atoms with Gasteiger partial charge in [-0.15, -0.1) is 0 Å². The fourth-order valence-electron chi connectivity index (χ4n) is 2.15. The van der Waals surface area contributed by atoms with Crippen LogP contribution < -0.4 is 15.2 Å². The van der Waals surface area contributed by atoms with E-state index < -0.39 is 0 Å². The summed E-state index contributed by atoms with van der Waals surface area (Å²) in [5, 5.41) is 0.606. The Labute approximate surface area is 108 Å². The Morgan fingerprint density at radius 3 is 2.06 bits per heavy atom. The van der Waals surface area contributed by atoms with Gasteiger partial charge in [0.05, 0.1) is 19.2 Å². The third-order valence-electron chi connectivity index (χ3n) is 3.11.